The molecule has 12 heteroatoms. The lowest BCUT2D eigenvalue weighted by atomic mass is 9.95. The predicted octanol–water partition coefficient (Wildman–Crippen LogP) is 1.52. The van der Waals surface area contributed by atoms with E-state index in [0.717, 1.165) is 5.48 Å². The van der Waals surface area contributed by atoms with Gasteiger partial charge in [0.05, 0.1) is 12.4 Å². The van der Waals surface area contributed by atoms with E-state index in [-0.39, 0.29) is 17.9 Å². The topological polar surface area (TPSA) is 142 Å². The van der Waals surface area contributed by atoms with Gasteiger partial charge in [-0.25, -0.2) is 22.7 Å². The van der Waals surface area contributed by atoms with Gasteiger partial charge in [0.25, 0.3) is 18.2 Å². The molecule has 1 unspecified atom stereocenters. The van der Waals surface area contributed by atoms with Gasteiger partial charge in [0.1, 0.15) is 21.6 Å². The maximum Gasteiger partial charge on any atom is 0.269 e. The van der Waals surface area contributed by atoms with Crippen molar-refractivity contribution in [3.63, 3.8) is 0 Å². The minimum atomic E-state index is -3.38. The Morgan fingerprint density at radius 2 is 1.58 bits per heavy atom. The van der Waals surface area contributed by atoms with Crippen LogP contribution in [0.25, 0.3) is 0 Å². The van der Waals surface area contributed by atoms with Gasteiger partial charge in [-0.2, -0.15) is 0 Å². The van der Waals surface area contributed by atoms with Crippen molar-refractivity contribution in [2.45, 2.75) is 31.4 Å². The zero-order valence-corrected chi connectivity index (χ0v) is 20.3. The Labute approximate surface area is 207 Å². The SMILES string of the molecule is CC(O)(C(F)F)[C@H](NC(=O)c1ccc(C#Cc2ccc(OCCCS(C)(=O)=O)cc2)cc1)C(=O)NO. The fourth-order valence-electron chi connectivity index (χ4n) is 2.88. The molecule has 0 spiro atoms. The smallest absolute Gasteiger partial charge is 0.269 e. The molecule has 0 saturated carbocycles. The predicted molar refractivity (Wildman–Crippen MR) is 126 cm³/mol. The Bertz CT molecular complexity index is 1220. The summed E-state index contributed by atoms with van der Waals surface area (Å²) in [7, 11) is -3.03. The highest BCUT2D eigenvalue weighted by Gasteiger charge is 2.46. The molecule has 2 aromatic rings. The van der Waals surface area contributed by atoms with Crippen LogP contribution in [0.2, 0.25) is 0 Å². The van der Waals surface area contributed by atoms with E-state index in [1.807, 2.05) is 5.32 Å². The summed E-state index contributed by atoms with van der Waals surface area (Å²) >= 11 is 0. The molecule has 0 bridgehead atoms. The van der Waals surface area contributed by atoms with Crippen molar-refractivity contribution < 1.29 is 41.8 Å². The van der Waals surface area contributed by atoms with Crippen LogP contribution in [0.1, 0.15) is 34.8 Å². The molecule has 0 fully saturated rings. The van der Waals surface area contributed by atoms with Crippen LogP contribution < -0.4 is 15.5 Å². The van der Waals surface area contributed by atoms with Gasteiger partial charge in [-0.15, -0.1) is 0 Å². The van der Waals surface area contributed by atoms with Gasteiger partial charge in [-0.3, -0.25) is 14.8 Å². The summed E-state index contributed by atoms with van der Waals surface area (Å²) < 4.78 is 54.0. The molecule has 2 aromatic carbocycles. The van der Waals surface area contributed by atoms with Crippen molar-refractivity contribution in [1.82, 2.24) is 10.8 Å². The first-order valence-electron chi connectivity index (χ1n) is 10.6. The van der Waals surface area contributed by atoms with Crippen LogP contribution >= 0.6 is 0 Å². The molecule has 4 N–H and O–H groups in total. The summed E-state index contributed by atoms with van der Waals surface area (Å²) in [5.41, 5.74) is -0.550. The largest absolute Gasteiger partial charge is 0.494 e. The Morgan fingerprint density at radius 3 is 2.06 bits per heavy atom. The molecule has 0 aromatic heterocycles. The molecule has 0 aliphatic heterocycles. The number of rotatable bonds is 10. The summed E-state index contributed by atoms with van der Waals surface area (Å²) in [6, 6.07) is 10.5. The van der Waals surface area contributed by atoms with Gasteiger partial charge >= 0.3 is 0 Å². The number of nitrogens with one attached hydrogen (secondary N) is 2. The Hall–Kier alpha value is -3.53. The summed E-state index contributed by atoms with van der Waals surface area (Å²) in [6.07, 6.45) is -1.83. The molecule has 2 amide bonds. The van der Waals surface area contributed by atoms with E-state index in [4.69, 9.17) is 9.94 Å². The van der Waals surface area contributed by atoms with E-state index in [2.05, 4.69) is 11.8 Å². The lowest BCUT2D eigenvalue weighted by Gasteiger charge is -2.30. The summed E-state index contributed by atoms with van der Waals surface area (Å²) in [5, 5.41) is 20.6. The van der Waals surface area contributed by atoms with Crippen LogP contribution in [0, 0.1) is 11.8 Å². The molecular formula is C24H26F2N2O7S. The number of halogens is 2. The Morgan fingerprint density at radius 1 is 1.06 bits per heavy atom. The minimum Gasteiger partial charge on any atom is -0.494 e. The fourth-order valence-corrected chi connectivity index (χ4v) is 3.52. The molecule has 2 rings (SSSR count). The van der Waals surface area contributed by atoms with Crippen molar-refractivity contribution >= 4 is 21.7 Å². The van der Waals surface area contributed by atoms with Crippen molar-refractivity contribution in [2.75, 3.05) is 18.6 Å². The highest BCUT2D eigenvalue weighted by molar-refractivity contribution is 7.90. The molecular weight excluding hydrogens is 498 g/mol. The number of carbonyl (C=O) groups excluding carboxylic acids is 2. The van der Waals surface area contributed by atoms with E-state index in [0.29, 0.717) is 30.2 Å². The molecule has 0 saturated heterocycles. The van der Waals surface area contributed by atoms with Crippen molar-refractivity contribution in [2.24, 2.45) is 0 Å². The molecule has 0 aliphatic carbocycles. The number of alkyl halides is 2. The highest BCUT2D eigenvalue weighted by Crippen LogP contribution is 2.20. The van der Waals surface area contributed by atoms with Crippen molar-refractivity contribution in [3.05, 3.63) is 65.2 Å². The van der Waals surface area contributed by atoms with Crippen LogP contribution in [0.4, 0.5) is 8.78 Å². The van der Waals surface area contributed by atoms with E-state index < -0.39 is 39.7 Å². The molecule has 2 atom stereocenters. The highest BCUT2D eigenvalue weighted by atomic mass is 32.2. The van der Waals surface area contributed by atoms with Crippen molar-refractivity contribution in [3.8, 4) is 17.6 Å². The number of hydroxylamine groups is 1. The lowest BCUT2D eigenvalue weighted by Crippen LogP contribution is -2.61. The Kier molecular flexibility index (Phi) is 9.92. The lowest BCUT2D eigenvalue weighted by molar-refractivity contribution is -0.149. The van der Waals surface area contributed by atoms with E-state index in [1.165, 1.54) is 30.5 Å². The molecule has 0 radical (unpaired) electrons. The minimum absolute atomic E-state index is 0.0127. The second kappa shape index (κ2) is 12.4. The molecule has 0 heterocycles. The maximum atomic E-state index is 13.1. The van der Waals surface area contributed by atoms with Crippen LogP contribution in [0.15, 0.2) is 48.5 Å². The average molecular weight is 525 g/mol. The number of ether oxygens (including phenoxy) is 1. The van der Waals surface area contributed by atoms with Gasteiger partial charge < -0.3 is 15.2 Å². The monoisotopic (exact) mass is 524 g/mol. The van der Waals surface area contributed by atoms with Gasteiger partial charge in [0.15, 0.2) is 5.60 Å². The van der Waals surface area contributed by atoms with E-state index >= 15 is 0 Å². The molecule has 9 nitrogen and oxygen atoms in total. The first kappa shape index (κ1) is 28.7. The third-order valence-electron chi connectivity index (χ3n) is 4.95. The van der Waals surface area contributed by atoms with E-state index in [1.54, 1.807) is 24.3 Å². The third-order valence-corrected chi connectivity index (χ3v) is 5.99. The number of sulfone groups is 1. The molecule has 0 aliphatic rings. The van der Waals surface area contributed by atoms with Gasteiger partial charge in [0, 0.05) is 22.9 Å². The Balaban J connectivity index is 2.00. The average Bonchev–Trinajstić information content (AvgIpc) is 2.83. The molecule has 194 valence electrons. The van der Waals surface area contributed by atoms with Crippen LogP contribution in [-0.2, 0) is 14.6 Å². The van der Waals surface area contributed by atoms with Crippen LogP contribution in [0.3, 0.4) is 0 Å². The number of carbonyl (C=O) groups is 2. The van der Waals surface area contributed by atoms with E-state index in [9.17, 15) is 31.9 Å². The first-order valence-corrected chi connectivity index (χ1v) is 12.7. The van der Waals surface area contributed by atoms with Crippen LogP contribution in [0.5, 0.6) is 5.75 Å². The summed E-state index contributed by atoms with van der Waals surface area (Å²) in [4.78, 5) is 24.1. The number of hydrogen-bond acceptors (Lipinski definition) is 7. The normalized spacial score (nSPS) is 13.6. The zero-order chi connectivity index (χ0) is 26.9. The van der Waals surface area contributed by atoms with Gasteiger partial charge in [0.2, 0.25) is 0 Å². The first-order chi connectivity index (χ1) is 16.8. The fraction of sp³-hybridized carbons (Fsp3) is 0.333. The number of aliphatic hydroxyl groups is 1. The van der Waals surface area contributed by atoms with Gasteiger partial charge in [-0.05, 0) is 61.9 Å². The maximum absolute atomic E-state index is 13.1. The number of benzene rings is 2. The zero-order valence-electron chi connectivity index (χ0n) is 19.5. The summed E-state index contributed by atoms with van der Waals surface area (Å²) in [5.74, 6) is 4.12. The standard InChI is InChI=1S/C24H26F2N2O7S/c1-24(31,23(25)26)20(22(30)28-32)27-21(29)18-10-6-16(7-11-18)4-5-17-8-12-19(13-9-17)35-14-3-15-36(2,33)34/h6-13,20,23,31-32H,3,14-15H2,1-2H3,(H,27,29)(H,28,30)/t20-,24?/m1/s1. The van der Waals surface area contributed by atoms with Crippen molar-refractivity contribution in [1.29, 1.82) is 0 Å². The second-order valence-corrected chi connectivity index (χ2v) is 10.4. The molecule has 36 heavy (non-hydrogen) atoms. The second-order valence-electron chi connectivity index (χ2n) is 8.09. The third kappa shape index (κ3) is 8.60. The van der Waals surface area contributed by atoms with Crippen LogP contribution in [-0.4, -0.2) is 67.2 Å². The number of hydrogen-bond donors (Lipinski definition) is 4. The number of amides is 2. The summed E-state index contributed by atoms with van der Waals surface area (Å²) in [6.45, 7) is 0.928. The quantitative estimate of drug-likeness (QED) is 0.160. The van der Waals surface area contributed by atoms with Gasteiger partial charge in [-0.1, -0.05) is 11.8 Å².